The van der Waals surface area contributed by atoms with Gasteiger partial charge in [-0.15, -0.1) is 0 Å². The van der Waals surface area contributed by atoms with Crippen molar-refractivity contribution in [2.24, 2.45) is 0 Å². The Labute approximate surface area is 143 Å². The molecule has 0 spiro atoms. The zero-order chi connectivity index (χ0) is 17.3. The molecule has 0 fully saturated rings. The minimum absolute atomic E-state index is 0.153. The quantitative estimate of drug-likeness (QED) is 0.924. The SMILES string of the molecule is COc1ccc(C)cc1S(=O)(=O)Nc1ccc2c(c1)CCCN2C. The fourth-order valence-corrected chi connectivity index (χ4v) is 4.36. The third-order valence-corrected chi connectivity index (χ3v) is 5.69. The van der Waals surface area contributed by atoms with E-state index in [-0.39, 0.29) is 4.90 Å². The van der Waals surface area contributed by atoms with E-state index in [1.807, 2.05) is 25.1 Å². The van der Waals surface area contributed by atoms with Gasteiger partial charge in [0.05, 0.1) is 7.11 Å². The molecule has 1 aliphatic heterocycles. The molecule has 0 saturated carbocycles. The van der Waals surface area contributed by atoms with Crippen molar-refractivity contribution in [3.63, 3.8) is 0 Å². The topological polar surface area (TPSA) is 58.6 Å². The van der Waals surface area contributed by atoms with Crippen LogP contribution in [0.2, 0.25) is 0 Å². The molecule has 0 unspecified atom stereocenters. The minimum Gasteiger partial charge on any atom is -0.495 e. The Bertz CT molecular complexity index is 863. The van der Waals surface area contributed by atoms with Gasteiger partial charge < -0.3 is 9.64 Å². The number of benzene rings is 2. The molecule has 1 heterocycles. The third-order valence-electron chi connectivity index (χ3n) is 4.29. The molecule has 5 nitrogen and oxygen atoms in total. The first-order chi connectivity index (χ1) is 11.4. The Balaban J connectivity index is 1.94. The maximum Gasteiger partial charge on any atom is 0.265 e. The number of methoxy groups -OCH3 is 1. The first-order valence-corrected chi connectivity index (χ1v) is 9.40. The summed E-state index contributed by atoms with van der Waals surface area (Å²) in [5.41, 5.74) is 3.77. The molecule has 0 bridgehead atoms. The highest BCUT2D eigenvalue weighted by molar-refractivity contribution is 7.92. The van der Waals surface area contributed by atoms with Gasteiger partial charge in [-0.2, -0.15) is 0 Å². The van der Waals surface area contributed by atoms with Crippen molar-refractivity contribution in [2.45, 2.75) is 24.7 Å². The van der Waals surface area contributed by atoms with Crippen LogP contribution in [0.1, 0.15) is 17.5 Å². The largest absolute Gasteiger partial charge is 0.495 e. The van der Waals surface area contributed by atoms with Crippen molar-refractivity contribution in [3.05, 3.63) is 47.5 Å². The zero-order valence-electron chi connectivity index (χ0n) is 14.2. The van der Waals surface area contributed by atoms with E-state index in [0.717, 1.165) is 30.6 Å². The fraction of sp³-hybridized carbons (Fsp3) is 0.333. The van der Waals surface area contributed by atoms with Crippen LogP contribution in [0.3, 0.4) is 0 Å². The van der Waals surface area contributed by atoms with E-state index in [1.54, 1.807) is 18.2 Å². The molecule has 2 aromatic carbocycles. The highest BCUT2D eigenvalue weighted by Gasteiger charge is 2.21. The molecule has 0 radical (unpaired) electrons. The van der Waals surface area contributed by atoms with Crippen LogP contribution in [0.15, 0.2) is 41.3 Å². The van der Waals surface area contributed by atoms with Crippen molar-refractivity contribution >= 4 is 21.4 Å². The fourth-order valence-electron chi connectivity index (χ4n) is 3.05. The van der Waals surface area contributed by atoms with Crippen molar-refractivity contribution in [1.82, 2.24) is 0 Å². The summed E-state index contributed by atoms with van der Waals surface area (Å²) in [5.74, 6) is 0.339. The molecule has 0 amide bonds. The standard InChI is InChI=1S/C18H22N2O3S/c1-13-6-9-17(23-3)18(11-13)24(21,22)19-15-7-8-16-14(12-15)5-4-10-20(16)2/h6-9,11-12,19H,4-5,10H2,1-3H3. The molecule has 0 atom stereocenters. The lowest BCUT2D eigenvalue weighted by Crippen LogP contribution is -2.24. The first-order valence-electron chi connectivity index (χ1n) is 7.92. The average Bonchev–Trinajstić information content (AvgIpc) is 2.54. The van der Waals surface area contributed by atoms with E-state index < -0.39 is 10.0 Å². The van der Waals surface area contributed by atoms with Crippen molar-refractivity contribution in [2.75, 3.05) is 30.3 Å². The van der Waals surface area contributed by atoms with Gasteiger partial charge in [0.2, 0.25) is 0 Å². The van der Waals surface area contributed by atoms with Crippen LogP contribution in [-0.2, 0) is 16.4 Å². The number of anilines is 2. The summed E-state index contributed by atoms with van der Waals surface area (Å²) >= 11 is 0. The Morgan fingerprint density at radius 1 is 1.17 bits per heavy atom. The van der Waals surface area contributed by atoms with Crippen LogP contribution in [-0.4, -0.2) is 29.1 Å². The molecular formula is C18H22N2O3S. The number of rotatable bonds is 4. The van der Waals surface area contributed by atoms with E-state index in [2.05, 4.69) is 16.7 Å². The van der Waals surface area contributed by atoms with Crippen LogP contribution in [0.4, 0.5) is 11.4 Å². The zero-order valence-corrected chi connectivity index (χ0v) is 15.0. The smallest absolute Gasteiger partial charge is 0.265 e. The van der Waals surface area contributed by atoms with Crippen LogP contribution >= 0.6 is 0 Å². The number of nitrogens with one attached hydrogen (secondary N) is 1. The number of fused-ring (bicyclic) bond motifs is 1. The third kappa shape index (κ3) is 3.19. The van der Waals surface area contributed by atoms with Gasteiger partial charge in [-0.05, 0) is 61.2 Å². The summed E-state index contributed by atoms with van der Waals surface area (Å²) in [5, 5.41) is 0. The van der Waals surface area contributed by atoms with E-state index >= 15 is 0 Å². The molecule has 6 heteroatoms. The van der Waals surface area contributed by atoms with Gasteiger partial charge in [0.1, 0.15) is 10.6 Å². The number of ether oxygens (including phenoxy) is 1. The van der Waals surface area contributed by atoms with Gasteiger partial charge in [-0.3, -0.25) is 4.72 Å². The number of nitrogens with zero attached hydrogens (tertiary/aromatic N) is 1. The molecule has 2 aromatic rings. The Morgan fingerprint density at radius 2 is 1.96 bits per heavy atom. The summed E-state index contributed by atoms with van der Waals surface area (Å²) in [4.78, 5) is 2.35. The van der Waals surface area contributed by atoms with Gasteiger partial charge in [0.25, 0.3) is 10.0 Å². The Morgan fingerprint density at radius 3 is 2.71 bits per heavy atom. The van der Waals surface area contributed by atoms with E-state index in [9.17, 15) is 8.42 Å². The maximum atomic E-state index is 12.8. The predicted molar refractivity (Wildman–Crippen MR) is 96.6 cm³/mol. The van der Waals surface area contributed by atoms with Crippen molar-refractivity contribution < 1.29 is 13.2 Å². The number of aryl methyl sites for hydroxylation is 2. The summed E-state index contributed by atoms with van der Waals surface area (Å²) in [6.07, 6.45) is 2.04. The molecule has 0 aromatic heterocycles. The van der Waals surface area contributed by atoms with Gasteiger partial charge in [0, 0.05) is 25.0 Å². The Kier molecular flexibility index (Phi) is 4.41. The van der Waals surface area contributed by atoms with Gasteiger partial charge in [-0.1, -0.05) is 6.07 Å². The summed E-state index contributed by atoms with van der Waals surface area (Å²) in [6.45, 7) is 2.88. The average molecular weight is 346 g/mol. The van der Waals surface area contributed by atoms with Gasteiger partial charge in [0.15, 0.2) is 0 Å². The van der Waals surface area contributed by atoms with Crippen LogP contribution in [0, 0.1) is 6.92 Å². The first kappa shape index (κ1) is 16.6. The van der Waals surface area contributed by atoms with Crippen molar-refractivity contribution in [1.29, 1.82) is 0 Å². The summed E-state index contributed by atoms with van der Waals surface area (Å²) in [6, 6.07) is 10.8. The lowest BCUT2D eigenvalue weighted by Gasteiger charge is -2.27. The van der Waals surface area contributed by atoms with Gasteiger partial charge >= 0.3 is 0 Å². The second-order valence-corrected chi connectivity index (χ2v) is 7.78. The van der Waals surface area contributed by atoms with E-state index in [0.29, 0.717) is 11.4 Å². The second kappa shape index (κ2) is 6.36. The summed E-state index contributed by atoms with van der Waals surface area (Å²) in [7, 11) is -0.182. The van der Waals surface area contributed by atoms with Crippen molar-refractivity contribution in [3.8, 4) is 5.75 Å². The Hall–Kier alpha value is -2.21. The molecular weight excluding hydrogens is 324 g/mol. The van der Waals surface area contributed by atoms with Gasteiger partial charge in [-0.25, -0.2) is 8.42 Å². The van der Waals surface area contributed by atoms with E-state index in [1.165, 1.54) is 12.7 Å². The van der Waals surface area contributed by atoms with E-state index in [4.69, 9.17) is 4.74 Å². The number of hydrogen-bond acceptors (Lipinski definition) is 4. The summed E-state index contributed by atoms with van der Waals surface area (Å²) < 4.78 is 33.4. The second-order valence-electron chi connectivity index (χ2n) is 6.13. The van der Waals surface area contributed by atoms with Crippen LogP contribution < -0.4 is 14.4 Å². The highest BCUT2D eigenvalue weighted by atomic mass is 32.2. The molecule has 24 heavy (non-hydrogen) atoms. The normalized spacial score (nSPS) is 14.2. The maximum absolute atomic E-state index is 12.8. The minimum atomic E-state index is -3.71. The molecule has 128 valence electrons. The molecule has 3 rings (SSSR count). The predicted octanol–water partition coefficient (Wildman–Crippen LogP) is 3.19. The number of hydrogen-bond donors (Lipinski definition) is 1. The lowest BCUT2D eigenvalue weighted by molar-refractivity contribution is 0.402. The van der Waals surface area contributed by atoms with Crippen LogP contribution in [0.25, 0.3) is 0 Å². The monoisotopic (exact) mass is 346 g/mol. The molecule has 1 aliphatic rings. The number of sulfonamides is 1. The molecule has 0 aliphatic carbocycles. The lowest BCUT2D eigenvalue weighted by atomic mass is 10.0. The highest BCUT2D eigenvalue weighted by Crippen LogP contribution is 2.31. The van der Waals surface area contributed by atoms with Crippen LogP contribution in [0.5, 0.6) is 5.75 Å². The molecule has 0 saturated heterocycles. The molecule has 1 N–H and O–H groups in total.